The van der Waals surface area contributed by atoms with Crippen molar-refractivity contribution in [1.82, 2.24) is 10.2 Å². The van der Waals surface area contributed by atoms with Gasteiger partial charge in [-0.3, -0.25) is 14.9 Å². The van der Waals surface area contributed by atoms with Gasteiger partial charge in [0.15, 0.2) is 0 Å². The largest absolute Gasteiger partial charge is 0.497 e. The number of amides is 2. The Morgan fingerprint density at radius 3 is 2.34 bits per heavy atom. The fraction of sp³-hybridized carbons (Fsp3) is 0.273. The molecule has 2 amide bonds. The number of aromatic nitrogens is 2. The van der Waals surface area contributed by atoms with Gasteiger partial charge in [-0.1, -0.05) is 17.4 Å². The van der Waals surface area contributed by atoms with Crippen molar-refractivity contribution in [2.75, 3.05) is 38.1 Å². The first-order valence-electron chi connectivity index (χ1n) is 9.84. The second-order valence-electron chi connectivity index (χ2n) is 7.04. The van der Waals surface area contributed by atoms with Crippen molar-refractivity contribution in [3.63, 3.8) is 0 Å². The number of rotatable bonds is 7. The molecule has 4 rings (SSSR count). The van der Waals surface area contributed by atoms with E-state index in [4.69, 9.17) is 14.2 Å². The third kappa shape index (κ3) is 4.22. The fourth-order valence-corrected chi connectivity index (χ4v) is 4.40. The number of carbonyl (C=O) groups is 2. The normalized spacial score (nSPS) is 15.5. The zero-order chi connectivity index (χ0) is 22.7. The van der Waals surface area contributed by atoms with Gasteiger partial charge in [-0.2, -0.15) is 0 Å². The van der Waals surface area contributed by atoms with E-state index >= 15 is 0 Å². The summed E-state index contributed by atoms with van der Waals surface area (Å²) in [4.78, 5) is 27.1. The molecule has 10 heteroatoms. The van der Waals surface area contributed by atoms with Crippen LogP contribution in [-0.2, 0) is 4.79 Å². The number of carbonyl (C=O) groups excluding carboxylic acids is 2. The highest BCUT2D eigenvalue weighted by molar-refractivity contribution is 7.15. The summed E-state index contributed by atoms with van der Waals surface area (Å²) >= 11 is 1.25. The molecule has 2 aromatic carbocycles. The summed E-state index contributed by atoms with van der Waals surface area (Å²) in [5, 5.41) is 12.1. The lowest BCUT2D eigenvalue weighted by atomic mass is 10.1. The molecule has 32 heavy (non-hydrogen) atoms. The van der Waals surface area contributed by atoms with Gasteiger partial charge in [-0.05, 0) is 36.4 Å². The van der Waals surface area contributed by atoms with Gasteiger partial charge in [0, 0.05) is 24.6 Å². The summed E-state index contributed by atoms with van der Waals surface area (Å²) in [6, 6.07) is 12.4. The van der Waals surface area contributed by atoms with Crippen LogP contribution >= 0.6 is 11.3 Å². The predicted molar refractivity (Wildman–Crippen MR) is 120 cm³/mol. The minimum absolute atomic E-state index is 0.0136. The highest BCUT2D eigenvalue weighted by Gasteiger charge is 2.34. The molecule has 1 N–H and O–H groups in total. The highest BCUT2D eigenvalue weighted by Crippen LogP contribution is 2.35. The van der Waals surface area contributed by atoms with E-state index in [0.717, 1.165) is 11.4 Å². The first-order valence-corrected chi connectivity index (χ1v) is 10.7. The standard InChI is InChI=1S/C22H22N4O5S/c1-29-15-9-7-14(8-10-15)26-12-13(11-18(26)27)21-24-25-22(32-21)23-20(28)19-16(30-2)5-4-6-17(19)31-3/h4-10,13H,11-12H2,1-3H3,(H,23,25,28). The maximum Gasteiger partial charge on any atom is 0.265 e. The monoisotopic (exact) mass is 454 g/mol. The van der Waals surface area contributed by atoms with Crippen molar-refractivity contribution in [3.8, 4) is 17.2 Å². The summed E-state index contributed by atoms with van der Waals surface area (Å²) in [6.07, 6.45) is 0.328. The maximum absolute atomic E-state index is 12.8. The first kappa shape index (κ1) is 21.6. The van der Waals surface area contributed by atoms with Crippen LogP contribution in [0.2, 0.25) is 0 Å². The molecule has 0 bridgehead atoms. The minimum Gasteiger partial charge on any atom is -0.497 e. The van der Waals surface area contributed by atoms with Gasteiger partial charge >= 0.3 is 0 Å². The zero-order valence-electron chi connectivity index (χ0n) is 17.8. The molecule has 1 saturated heterocycles. The van der Waals surface area contributed by atoms with Gasteiger partial charge < -0.3 is 19.1 Å². The number of hydrogen-bond donors (Lipinski definition) is 1. The van der Waals surface area contributed by atoms with Crippen LogP contribution in [-0.4, -0.2) is 49.9 Å². The SMILES string of the molecule is COc1ccc(N2CC(c3nnc(NC(=O)c4c(OC)cccc4OC)s3)CC2=O)cc1. The molecule has 0 radical (unpaired) electrons. The first-order chi connectivity index (χ1) is 15.5. The molecule has 1 aliphatic heterocycles. The molecule has 3 aromatic rings. The number of anilines is 2. The lowest BCUT2D eigenvalue weighted by Crippen LogP contribution is -2.24. The molecule has 1 atom stereocenters. The molecule has 166 valence electrons. The molecule has 1 unspecified atom stereocenters. The smallest absolute Gasteiger partial charge is 0.265 e. The third-order valence-corrected chi connectivity index (χ3v) is 6.18. The average molecular weight is 455 g/mol. The van der Waals surface area contributed by atoms with Crippen molar-refractivity contribution < 1.29 is 23.8 Å². The molecule has 1 fully saturated rings. The van der Waals surface area contributed by atoms with E-state index in [9.17, 15) is 9.59 Å². The van der Waals surface area contributed by atoms with Crippen LogP contribution in [0.3, 0.4) is 0 Å². The van der Waals surface area contributed by atoms with Crippen LogP contribution < -0.4 is 24.4 Å². The Morgan fingerprint density at radius 2 is 1.72 bits per heavy atom. The number of hydrogen-bond acceptors (Lipinski definition) is 8. The van der Waals surface area contributed by atoms with Crippen LogP contribution in [0.25, 0.3) is 0 Å². The number of nitrogens with one attached hydrogen (secondary N) is 1. The zero-order valence-corrected chi connectivity index (χ0v) is 18.6. The van der Waals surface area contributed by atoms with Crippen LogP contribution in [0.1, 0.15) is 27.7 Å². The summed E-state index contributed by atoms with van der Waals surface area (Å²) < 4.78 is 15.8. The minimum atomic E-state index is -0.413. The van der Waals surface area contributed by atoms with E-state index in [1.807, 2.05) is 24.3 Å². The van der Waals surface area contributed by atoms with Gasteiger partial charge in [0.25, 0.3) is 5.91 Å². The molecule has 2 heterocycles. The van der Waals surface area contributed by atoms with Crippen LogP contribution in [0.5, 0.6) is 17.2 Å². The molecule has 1 aromatic heterocycles. The van der Waals surface area contributed by atoms with Gasteiger partial charge in [0.1, 0.15) is 27.8 Å². The summed E-state index contributed by atoms with van der Waals surface area (Å²) in [7, 11) is 4.57. The number of benzene rings is 2. The molecular weight excluding hydrogens is 432 g/mol. The van der Waals surface area contributed by atoms with Gasteiger partial charge in [0.05, 0.1) is 21.3 Å². The molecule has 0 spiro atoms. The Morgan fingerprint density at radius 1 is 1.03 bits per heavy atom. The molecule has 0 saturated carbocycles. The van der Waals surface area contributed by atoms with Crippen molar-refractivity contribution in [3.05, 3.63) is 53.0 Å². The van der Waals surface area contributed by atoms with Crippen molar-refractivity contribution in [2.45, 2.75) is 12.3 Å². The number of methoxy groups -OCH3 is 3. The second-order valence-corrected chi connectivity index (χ2v) is 8.05. The Kier molecular flexibility index (Phi) is 6.22. The third-order valence-electron chi connectivity index (χ3n) is 5.17. The van der Waals surface area contributed by atoms with E-state index in [1.54, 1.807) is 30.2 Å². The lowest BCUT2D eigenvalue weighted by molar-refractivity contribution is -0.117. The molecule has 0 aliphatic carbocycles. The second kappa shape index (κ2) is 9.23. The quantitative estimate of drug-likeness (QED) is 0.584. The van der Waals surface area contributed by atoms with Crippen molar-refractivity contribution in [1.29, 1.82) is 0 Å². The Hall–Kier alpha value is -3.66. The van der Waals surface area contributed by atoms with Gasteiger partial charge in [0.2, 0.25) is 11.0 Å². The summed E-state index contributed by atoms with van der Waals surface area (Å²) in [5.74, 6) is 1.01. The highest BCUT2D eigenvalue weighted by atomic mass is 32.1. The Balaban J connectivity index is 1.47. The van der Waals surface area contributed by atoms with E-state index in [1.165, 1.54) is 25.6 Å². The van der Waals surface area contributed by atoms with Crippen LogP contribution in [0.15, 0.2) is 42.5 Å². The van der Waals surface area contributed by atoms with E-state index in [-0.39, 0.29) is 17.4 Å². The van der Waals surface area contributed by atoms with E-state index in [0.29, 0.717) is 34.6 Å². The summed E-state index contributed by atoms with van der Waals surface area (Å²) in [6.45, 7) is 0.494. The lowest BCUT2D eigenvalue weighted by Gasteiger charge is -2.16. The average Bonchev–Trinajstić information content (AvgIpc) is 3.44. The van der Waals surface area contributed by atoms with Crippen LogP contribution in [0.4, 0.5) is 10.8 Å². The Bertz CT molecular complexity index is 1110. The van der Waals surface area contributed by atoms with Crippen molar-refractivity contribution in [2.24, 2.45) is 0 Å². The summed E-state index contributed by atoms with van der Waals surface area (Å²) in [5.41, 5.74) is 1.08. The molecule has 1 aliphatic rings. The topological polar surface area (TPSA) is 103 Å². The van der Waals surface area contributed by atoms with Crippen LogP contribution in [0, 0.1) is 0 Å². The van der Waals surface area contributed by atoms with Gasteiger partial charge in [-0.25, -0.2) is 0 Å². The van der Waals surface area contributed by atoms with E-state index in [2.05, 4.69) is 15.5 Å². The number of nitrogens with zero attached hydrogens (tertiary/aromatic N) is 3. The van der Waals surface area contributed by atoms with Crippen molar-refractivity contribution >= 4 is 34.0 Å². The van der Waals surface area contributed by atoms with Gasteiger partial charge in [-0.15, -0.1) is 10.2 Å². The fourth-order valence-electron chi connectivity index (χ4n) is 3.57. The molecular formula is C22H22N4O5S. The Labute approximate surface area is 188 Å². The van der Waals surface area contributed by atoms with E-state index < -0.39 is 5.91 Å². The predicted octanol–water partition coefficient (Wildman–Crippen LogP) is 3.34. The molecule has 9 nitrogen and oxygen atoms in total. The number of ether oxygens (including phenoxy) is 3. The maximum atomic E-state index is 12.8.